The van der Waals surface area contributed by atoms with Gasteiger partial charge in [-0.3, -0.25) is 0 Å². The predicted octanol–water partition coefficient (Wildman–Crippen LogP) is 19.9. The van der Waals surface area contributed by atoms with Gasteiger partial charge in [0.25, 0.3) is 0 Å². The van der Waals surface area contributed by atoms with Gasteiger partial charge in [-0.2, -0.15) is 0 Å². The molecule has 12 rings (SSSR count). The van der Waals surface area contributed by atoms with Crippen LogP contribution >= 0.6 is 0 Å². The predicted molar refractivity (Wildman–Crippen MR) is 307 cm³/mol. The Hall–Kier alpha value is -9.24. The van der Waals surface area contributed by atoms with Gasteiger partial charge >= 0.3 is 0 Å². The third-order valence-electron chi connectivity index (χ3n) is 14.1. The van der Waals surface area contributed by atoms with Gasteiger partial charge in [0.1, 0.15) is 0 Å². The van der Waals surface area contributed by atoms with Gasteiger partial charge in [-0.1, -0.05) is 218 Å². The molecule has 0 amide bonds. The summed E-state index contributed by atoms with van der Waals surface area (Å²) in [5.74, 6) is 0. The molecule has 0 unspecified atom stereocenters. The summed E-state index contributed by atoms with van der Waals surface area (Å²) < 4.78 is 0. The summed E-state index contributed by atoms with van der Waals surface area (Å²) in [7, 11) is 0. The van der Waals surface area contributed by atoms with Crippen LogP contribution < -0.4 is 9.80 Å². The lowest BCUT2D eigenvalue weighted by Crippen LogP contribution is -2.13. The first-order valence-electron chi connectivity index (χ1n) is 24.8. The van der Waals surface area contributed by atoms with Crippen LogP contribution in [-0.2, 0) is 0 Å². The average Bonchev–Trinajstić information content (AvgIpc) is 3.45. The van der Waals surface area contributed by atoms with Crippen molar-refractivity contribution in [2.75, 3.05) is 9.80 Å². The number of fused-ring (bicyclic) bond motifs is 2. The minimum Gasteiger partial charge on any atom is -0.310 e. The van der Waals surface area contributed by atoms with Crippen molar-refractivity contribution in [2.24, 2.45) is 0 Å². The van der Waals surface area contributed by atoms with Crippen molar-refractivity contribution in [3.63, 3.8) is 0 Å². The molecule has 0 aliphatic carbocycles. The van der Waals surface area contributed by atoms with Crippen molar-refractivity contribution < 1.29 is 0 Å². The van der Waals surface area contributed by atoms with Gasteiger partial charge in [-0.05, 0) is 152 Å². The summed E-state index contributed by atoms with van der Waals surface area (Å²) in [6.45, 7) is 4.49. The lowest BCUT2D eigenvalue weighted by atomic mass is 9.96. The molecule has 72 heavy (non-hydrogen) atoms. The molecule has 0 atom stereocenters. The molecule has 0 bridgehead atoms. The third kappa shape index (κ3) is 8.61. The van der Waals surface area contributed by atoms with Crippen LogP contribution in [0, 0.1) is 13.8 Å². The van der Waals surface area contributed by atoms with Crippen molar-refractivity contribution in [3.8, 4) is 55.6 Å². The molecule has 12 aromatic carbocycles. The Morgan fingerprint density at radius 1 is 0.208 bits per heavy atom. The zero-order valence-electron chi connectivity index (χ0n) is 40.5. The number of hydrogen-bond acceptors (Lipinski definition) is 2. The van der Waals surface area contributed by atoms with E-state index < -0.39 is 0 Å². The maximum atomic E-state index is 2.44. The summed E-state index contributed by atoms with van der Waals surface area (Å²) in [4.78, 5) is 4.88. The summed E-state index contributed by atoms with van der Waals surface area (Å²) in [5.41, 5.74) is 20.9. The van der Waals surface area contributed by atoms with Crippen molar-refractivity contribution in [1.29, 1.82) is 0 Å². The molecular weight excluding hydrogens is 869 g/mol. The van der Waals surface area contributed by atoms with Crippen LogP contribution in [0.2, 0.25) is 0 Å². The molecule has 0 N–H and O–H groups in total. The summed E-state index contributed by atoms with van der Waals surface area (Å²) in [6, 6.07) is 102. The van der Waals surface area contributed by atoms with E-state index in [9.17, 15) is 0 Å². The van der Waals surface area contributed by atoms with Crippen LogP contribution in [0.1, 0.15) is 11.1 Å². The number of anilines is 6. The van der Waals surface area contributed by atoms with E-state index in [4.69, 9.17) is 0 Å². The van der Waals surface area contributed by atoms with Gasteiger partial charge in [0.2, 0.25) is 0 Å². The van der Waals surface area contributed by atoms with Gasteiger partial charge in [0.15, 0.2) is 0 Å². The highest BCUT2D eigenvalue weighted by Crippen LogP contribution is 2.46. The van der Waals surface area contributed by atoms with Crippen LogP contribution in [0.4, 0.5) is 34.1 Å². The number of hydrogen-bond donors (Lipinski definition) is 0. The van der Waals surface area contributed by atoms with Gasteiger partial charge in [-0.15, -0.1) is 0 Å². The van der Waals surface area contributed by atoms with E-state index in [-0.39, 0.29) is 0 Å². The highest BCUT2D eigenvalue weighted by molar-refractivity contribution is 5.96. The average molecular weight is 921 g/mol. The maximum absolute atomic E-state index is 2.44. The number of nitrogens with zero attached hydrogens (tertiary/aromatic N) is 2. The molecule has 342 valence electrons. The summed E-state index contributed by atoms with van der Waals surface area (Å²) in [6.07, 6.45) is 0. The van der Waals surface area contributed by atoms with E-state index in [1.807, 2.05) is 0 Å². The standard InChI is InChI=1S/C70H52N2/c1-49-45-61(39-43-67(49)71(63-41-37-53-21-9-11-23-59(53)47-63)69-27-15-13-25-65(69)57-33-29-55(30-34-57)51-17-5-3-6-18-51)62-40-44-68(50(2)46-62)72(64-42-38-54-22-10-12-24-60(54)48-64)70-28-16-14-26-66(70)58-35-31-56(32-36-58)52-19-7-4-8-20-52/h3-48H,1-2H3. The highest BCUT2D eigenvalue weighted by atomic mass is 15.2. The highest BCUT2D eigenvalue weighted by Gasteiger charge is 2.22. The fourth-order valence-electron chi connectivity index (χ4n) is 10.4. The second kappa shape index (κ2) is 19.3. The second-order valence-electron chi connectivity index (χ2n) is 18.7. The first-order chi connectivity index (χ1) is 35.5. The van der Waals surface area contributed by atoms with Crippen molar-refractivity contribution in [2.45, 2.75) is 13.8 Å². The van der Waals surface area contributed by atoms with Crippen molar-refractivity contribution in [1.82, 2.24) is 0 Å². The fourth-order valence-corrected chi connectivity index (χ4v) is 10.4. The summed E-state index contributed by atoms with van der Waals surface area (Å²) in [5, 5.41) is 4.85. The van der Waals surface area contributed by atoms with Gasteiger partial charge < -0.3 is 9.80 Å². The summed E-state index contributed by atoms with van der Waals surface area (Å²) >= 11 is 0. The Morgan fingerprint density at radius 3 is 0.931 bits per heavy atom. The van der Waals surface area contributed by atoms with E-state index in [1.54, 1.807) is 0 Å². The molecule has 0 saturated carbocycles. The van der Waals surface area contributed by atoms with E-state index in [0.29, 0.717) is 0 Å². The fraction of sp³-hybridized carbons (Fsp3) is 0.0286. The molecule has 0 saturated heterocycles. The Kier molecular flexibility index (Phi) is 11.8. The van der Waals surface area contributed by atoms with E-state index in [1.165, 1.54) is 88.3 Å². The third-order valence-corrected chi connectivity index (χ3v) is 14.1. The topological polar surface area (TPSA) is 6.48 Å². The maximum Gasteiger partial charge on any atom is 0.0540 e. The molecule has 0 aliphatic heterocycles. The Labute approximate surface area is 423 Å². The van der Waals surface area contributed by atoms with Gasteiger partial charge in [0, 0.05) is 33.9 Å². The molecule has 0 aliphatic rings. The molecular formula is C70H52N2. The van der Waals surface area contributed by atoms with Crippen LogP contribution in [0.15, 0.2) is 279 Å². The van der Waals surface area contributed by atoms with Crippen LogP contribution in [-0.4, -0.2) is 0 Å². The smallest absolute Gasteiger partial charge is 0.0540 e. The monoisotopic (exact) mass is 920 g/mol. The zero-order valence-corrected chi connectivity index (χ0v) is 40.5. The van der Waals surface area contributed by atoms with Gasteiger partial charge in [0.05, 0.1) is 11.4 Å². The minimum atomic E-state index is 1.11. The largest absolute Gasteiger partial charge is 0.310 e. The molecule has 2 heteroatoms. The zero-order chi connectivity index (χ0) is 48.4. The molecule has 12 aromatic rings. The lowest BCUT2D eigenvalue weighted by Gasteiger charge is -2.30. The van der Waals surface area contributed by atoms with Crippen LogP contribution in [0.3, 0.4) is 0 Å². The molecule has 0 aromatic heterocycles. The molecule has 0 fully saturated rings. The number of benzene rings is 12. The first kappa shape index (κ1) is 44.0. The Balaban J connectivity index is 0.935. The molecule has 0 spiro atoms. The van der Waals surface area contributed by atoms with E-state index in [0.717, 1.165) is 34.1 Å². The molecule has 0 radical (unpaired) electrons. The quantitative estimate of drug-likeness (QED) is 0.128. The number of rotatable bonds is 11. The SMILES string of the molecule is Cc1cc(-c2ccc(N(c3ccc4ccccc4c3)c3ccccc3-c3ccc(-c4ccccc4)cc3)c(C)c2)ccc1N(c1ccc2ccccc2c1)c1ccccc1-c1ccc(-c2ccccc2)cc1. The van der Waals surface area contributed by atoms with Crippen molar-refractivity contribution in [3.05, 3.63) is 290 Å². The van der Waals surface area contributed by atoms with Crippen molar-refractivity contribution >= 4 is 55.7 Å². The Morgan fingerprint density at radius 2 is 0.528 bits per heavy atom. The van der Waals surface area contributed by atoms with Crippen LogP contribution in [0.25, 0.3) is 77.2 Å². The van der Waals surface area contributed by atoms with E-state index >= 15 is 0 Å². The number of para-hydroxylation sites is 2. The Bertz CT molecular complexity index is 3620. The van der Waals surface area contributed by atoms with Crippen LogP contribution in [0.5, 0.6) is 0 Å². The molecule has 2 nitrogen and oxygen atoms in total. The van der Waals surface area contributed by atoms with Gasteiger partial charge in [-0.25, -0.2) is 0 Å². The second-order valence-corrected chi connectivity index (χ2v) is 18.7. The molecule has 0 heterocycles. The normalized spacial score (nSPS) is 11.2. The first-order valence-corrected chi connectivity index (χ1v) is 24.8. The van der Waals surface area contributed by atoms with E-state index in [2.05, 4.69) is 303 Å². The lowest BCUT2D eigenvalue weighted by molar-refractivity contribution is 1.25. The minimum absolute atomic E-state index is 1.11. The number of aryl methyl sites for hydroxylation is 2.